The molecule has 0 fully saturated rings. The van der Waals surface area contributed by atoms with Gasteiger partial charge in [0.05, 0.1) is 0 Å². The van der Waals surface area contributed by atoms with Gasteiger partial charge in [-0.2, -0.15) is 20.9 Å². The van der Waals surface area contributed by atoms with E-state index in [2.05, 4.69) is 48.9 Å². The maximum Gasteiger partial charge on any atom is 2.00 e. The summed E-state index contributed by atoms with van der Waals surface area (Å²) in [5, 5.41) is 1.45. The molecule has 56 heavy (non-hydrogen) atoms. The zero-order valence-corrected chi connectivity index (χ0v) is 34.0. The molecule has 0 bridgehead atoms. The van der Waals surface area contributed by atoms with Crippen LogP contribution in [0.3, 0.4) is 0 Å². The Labute approximate surface area is 355 Å². The molecule has 0 spiro atoms. The molecule has 8 heteroatoms. The maximum absolute atomic E-state index is 17.4. The molecule has 0 unspecified atom stereocenters. The average Bonchev–Trinajstić information content (AvgIpc) is 3.75. The summed E-state index contributed by atoms with van der Waals surface area (Å²) < 4.78 is 113. The van der Waals surface area contributed by atoms with Gasteiger partial charge in [-0.15, -0.1) is 16.5 Å². The van der Waals surface area contributed by atoms with Crippen molar-refractivity contribution in [2.24, 2.45) is 0 Å². The number of benzene rings is 4. The number of halogens is 2. The van der Waals surface area contributed by atoms with E-state index in [4.69, 9.17) is 12.3 Å². The summed E-state index contributed by atoms with van der Waals surface area (Å²) in [6.45, 7) is 1.74. The molecule has 0 aliphatic carbocycles. The standard InChI is InChI=1S/C48H45F2N5.Pt/c1-45(2,3)31-18-20-35(21-19-31)53-30-54(41-17-13-12-16-40(41)53)36-25-33(47(7,8)9)24-34(26-36)48(49,50)43-28-42-38(29-52-43)37-14-10-11-15-39(37)55(42)44-27-32(22-23-51-44)46(4,5)6;/h10-25,27,29H,1-9H3;/q;+2/i1D3,2D3,3D3;. The minimum Gasteiger partial charge on any atom is -0.331 e. The van der Waals surface area contributed by atoms with Crippen molar-refractivity contribution < 1.29 is 42.2 Å². The molecule has 8 rings (SSSR count). The van der Waals surface area contributed by atoms with Crippen molar-refractivity contribution in [3.63, 3.8) is 0 Å². The van der Waals surface area contributed by atoms with Gasteiger partial charge in [-0.05, 0) is 56.3 Å². The molecular formula is C48H45F2N5Pt+2. The smallest absolute Gasteiger partial charge is 0.331 e. The Balaban J connectivity index is 0.00000630. The summed E-state index contributed by atoms with van der Waals surface area (Å²) in [5.41, 5.74) is -0.988. The van der Waals surface area contributed by atoms with Crippen molar-refractivity contribution in [3.8, 4) is 5.82 Å². The number of alkyl halides is 2. The van der Waals surface area contributed by atoms with Gasteiger partial charge in [0.25, 0.3) is 17.3 Å². The Morgan fingerprint density at radius 1 is 0.679 bits per heavy atom. The summed E-state index contributed by atoms with van der Waals surface area (Å²) in [6, 6.07) is 36.3. The number of para-hydroxylation sites is 3. The second-order valence-corrected chi connectivity index (χ2v) is 16.0. The summed E-state index contributed by atoms with van der Waals surface area (Å²) in [6.07, 6.45) is 3.17. The maximum atomic E-state index is 17.4. The van der Waals surface area contributed by atoms with Gasteiger partial charge in [0.2, 0.25) is 5.69 Å². The fourth-order valence-corrected chi connectivity index (χ4v) is 6.89. The van der Waals surface area contributed by atoms with Gasteiger partial charge in [-0.1, -0.05) is 132 Å². The molecule has 0 amide bonds. The van der Waals surface area contributed by atoms with Crippen LogP contribution < -0.4 is 9.15 Å². The van der Waals surface area contributed by atoms with Gasteiger partial charge in [0, 0.05) is 54.0 Å². The van der Waals surface area contributed by atoms with E-state index in [1.54, 1.807) is 45.7 Å². The van der Waals surface area contributed by atoms with E-state index in [-0.39, 0.29) is 32.2 Å². The second-order valence-electron chi connectivity index (χ2n) is 16.0. The predicted molar refractivity (Wildman–Crippen MR) is 220 cm³/mol. The fraction of sp³-hybridized carbons (Fsp3) is 0.271. The second kappa shape index (κ2) is 13.8. The molecule has 4 aromatic carbocycles. The van der Waals surface area contributed by atoms with Crippen LogP contribution in [0.1, 0.15) is 102 Å². The third kappa shape index (κ3) is 6.86. The predicted octanol–water partition coefficient (Wildman–Crippen LogP) is 12.1. The van der Waals surface area contributed by atoms with E-state index in [0.29, 0.717) is 39.3 Å². The average molecular weight is 934 g/mol. The molecule has 0 radical (unpaired) electrons. The Morgan fingerprint density at radius 3 is 2.02 bits per heavy atom. The van der Waals surface area contributed by atoms with Gasteiger partial charge in [-0.3, -0.25) is 4.98 Å². The third-order valence-electron chi connectivity index (χ3n) is 10.0. The fourth-order valence-electron chi connectivity index (χ4n) is 6.89. The third-order valence-corrected chi connectivity index (χ3v) is 10.0. The first-order valence-corrected chi connectivity index (χ1v) is 18.0. The van der Waals surface area contributed by atoms with E-state index in [0.717, 1.165) is 16.5 Å². The molecule has 0 N–H and O–H groups in total. The first kappa shape index (κ1) is 29.2. The monoisotopic (exact) mass is 933 g/mol. The van der Waals surface area contributed by atoms with Gasteiger partial charge in [-0.25, -0.2) is 4.98 Å². The Kier molecular flexibility index (Phi) is 7.21. The normalized spacial score (nSPS) is 16.5. The van der Waals surface area contributed by atoms with Gasteiger partial charge in [0.1, 0.15) is 11.5 Å². The Hall–Kier alpha value is -5.09. The number of aromatic nitrogens is 3. The SMILES string of the molecule is [2H]C([2H])([2H])C(c1ccc([N+]2=C=[N+](c3[c-]c(C(F)(F)c4[c-]c5c(cn4)c4ccccc4n5-c4cc(C(C)(C)C)ccn4)cc(C(C)(C)C)c3)c3ccccc32)cc1)(C([2H])([2H])[2H])C([2H])([2H])[2H].[Pt+2]. The molecule has 7 aromatic rings. The van der Waals surface area contributed by atoms with Crippen LogP contribution in [0.2, 0.25) is 0 Å². The molecule has 0 atom stereocenters. The topological polar surface area (TPSA) is 36.7 Å². The molecule has 0 saturated carbocycles. The van der Waals surface area contributed by atoms with Crippen molar-refractivity contribution in [1.29, 1.82) is 0 Å². The molecular weight excluding hydrogens is 880 g/mol. The Bertz CT molecular complexity index is 3020. The number of fused-ring (bicyclic) bond motifs is 4. The summed E-state index contributed by atoms with van der Waals surface area (Å²) in [7, 11) is 0. The molecule has 0 saturated heterocycles. The largest absolute Gasteiger partial charge is 2.00 e. The van der Waals surface area contributed by atoms with Crippen LogP contribution >= 0.6 is 0 Å². The van der Waals surface area contributed by atoms with Crippen molar-refractivity contribution in [3.05, 3.63) is 150 Å². The minimum absolute atomic E-state index is 0. The van der Waals surface area contributed by atoms with E-state index in [1.807, 2.05) is 61.7 Å². The zero-order chi connectivity index (χ0) is 46.6. The summed E-state index contributed by atoms with van der Waals surface area (Å²) in [4.78, 5) is 9.02. The molecule has 3 aromatic heterocycles. The molecule has 4 heterocycles. The number of hydrogen-bond donors (Lipinski definition) is 0. The van der Waals surface area contributed by atoms with E-state index >= 15 is 8.78 Å². The summed E-state index contributed by atoms with van der Waals surface area (Å²) in [5.74, 6) is -3.15. The van der Waals surface area contributed by atoms with Crippen LogP contribution in [-0.2, 0) is 43.2 Å². The number of rotatable bonds is 5. The molecule has 5 nitrogen and oxygen atoms in total. The zero-order valence-electron chi connectivity index (χ0n) is 40.7. The van der Waals surface area contributed by atoms with Crippen molar-refractivity contribution in [2.45, 2.75) is 84.3 Å². The van der Waals surface area contributed by atoms with Crippen molar-refractivity contribution in [2.75, 3.05) is 0 Å². The number of pyridine rings is 2. The first-order valence-electron chi connectivity index (χ1n) is 22.5. The molecule has 1 aliphatic heterocycles. The van der Waals surface area contributed by atoms with Crippen LogP contribution in [0.4, 0.5) is 31.5 Å². The van der Waals surface area contributed by atoms with Crippen LogP contribution in [-0.4, -0.2) is 20.5 Å². The van der Waals surface area contributed by atoms with Gasteiger partial charge in [0.15, 0.2) is 0 Å². The van der Waals surface area contributed by atoms with Crippen LogP contribution in [0, 0.1) is 12.1 Å². The number of hydrogen-bond acceptors (Lipinski definition) is 2. The van der Waals surface area contributed by atoms with E-state index < -0.39 is 54.1 Å². The number of nitrogens with zero attached hydrogens (tertiary/aromatic N) is 5. The van der Waals surface area contributed by atoms with Gasteiger partial charge >= 0.3 is 27.1 Å². The molecule has 1 aliphatic rings. The molecule has 284 valence electrons. The van der Waals surface area contributed by atoms with Crippen LogP contribution in [0.25, 0.3) is 27.6 Å². The van der Waals surface area contributed by atoms with E-state index in [1.165, 1.54) is 36.5 Å². The first-order chi connectivity index (χ1) is 29.7. The van der Waals surface area contributed by atoms with E-state index in [9.17, 15) is 0 Å². The minimum atomic E-state index is -3.71. The van der Waals surface area contributed by atoms with Crippen LogP contribution in [0.15, 0.2) is 109 Å². The van der Waals surface area contributed by atoms with Gasteiger partial charge < -0.3 is 4.57 Å². The summed E-state index contributed by atoms with van der Waals surface area (Å²) >= 11 is 0. The Morgan fingerprint density at radius 2 is 1.34 bits per heavy atom. The van der Waals surface area contributed by atoms with Crippen molar-refractivity contribution >= 4 is 50.6 Å². The van der Waals surface area contributed by atoms with Crippen LogP contribution in [0.5, 0.6) is 0 Å². The quantitative estimate of drug-likeness (QED) is 0.127. The van der Waals surface area contributed by atoms with Crippen molar-refractivity contribution in [1.82, 2.24) is 23.7 Å².